The Bertz CT molecular complexity index is 1560. The van der Waals surface area contributed by atoms with Gasteiger partial charge in [-0.3, -0.25) is 14.5 Å². The van der Waals surface area contributed by atoms with Crippen molar-refractivity contribution in [2.24, 2.45) is 0 Å². The van der Waals surface area contributed by atoms with E-state index in [1.165, 1.54) is 0 Å². The number of aryl methyl sites for hydroxylation is 1. The molecule has 2 aliphatic rings. The number of amides is 1. The van der Waals surface area contributed by atoms with E-state index in [-0.39, 0.29) is 17.6 Å². The molecule has 0 unspecified atom stereocenters. The number of benzene rings is 4. The van der Waals surface area contributed by atoms with Gasteiger partial charge in [-0.25, -0.2) is 0 Å². The molecule has 5 heteroatoms. The lowest BCUT2D eigenvalue weighted by Gasteiger charge is -2.35. The van der Waals surface area contributed by atoms with Gasteiger partial charge in [0.05, 0.1) is 17.4 Å². The van der Waals surface area contributed by atoms with E-state index in [0.29, 0.717) is 29.0 Å². The summed E-state index contributed by atoms with van der Waals surface area (Å²) >= 11 is 6.30. The molecule has 1 aliphatic heterocycles. The minimum absolute atomic E-state index is 0.00495. The van der Waals surface area contributed by atoms with E-state index in [1.807, 2.05) is 110 Å². The van der Waals surface area contributed by atoms with Gasteiger partial charge in [0, 0.05) is 28.3 Å². The summed E-state index contributed by atoms with van der Waals surface area (Å²) in [4.78, 5) is 30.1. The molecule has 2 atom stereocenters. The third-order valence-electron chi connectivity index (χ3n) is 7.44. The monoisotopic (exact) mass is 518 g/mol. The van der Waals surface area contributed by atoms with Gasteiger partial charge in [0.1, 0.15) is 0 Å². The first-order valence-corrected chi connectivity index (χ1v) is 13.2. The molecule has 1 heterocycles. The Morgan fingerprint density at radius 1 is 0.842 bits per heavy atom. The highest BCUT2D eigenvalue weighted by Gasteiger charge is 2.41. The van der Waals surface area contributed by atoms with Crippen molar-refractivity contribution in [3.63, 3.8) is 0 Å². The summed E-state index contributed by atoms with van der Waals surface area (Å²) in [5.74, 6) is -0.119. The molecule has 1 aliphatic carbocycles. The quantitative estimate of drug-likeness (QED) is 0.300. The molecular formula is C33H27ClN2O2. The van der Waals surface area contributed by atoms with Crippen molar-refractivity contribution >= 4 is 34.7 Å². The van der Waals surface area contributed by atoms with E-state index in [1.54, 1.807) is 4.90 Å². The molecule has 1 N–H and O–H groups in total. The number of nitrogens with one attached hydrogen (secondary N) is 1. The van der Waals surface area contributed by atoms with Gasteiger partial charge < -0.3 is 5.32 Å². The Hall–Kier alpha value is -4.15. The molecular weight excluding hydrogens is 492 g/mol. The number of halogens is 1. The first-order chi connectivity index (χ1) is 18.5. The first-order valence-electron chi connectivity index (χ1n) is 12.8. The van der Waals surface area contributed by atoms with E-state index < -0.39 is 6.04 Å². The molecule has 6 rings (SSSR count). The average molecular weight is 519 g/mol. The molecule has 0 bridgehead atoms. The number of Topliss-reactive ketones (excluding diaryl/α,β-unsaturated/α-hetero) is 1. The molecule has 1 amide bonds. The molecule has 0 saturated heterocycles. The zero-order valence-corrected chi connectivity index (χ0v) is 21.8. The molecule has 0 radical (unpaired) electrons. The number of fused-ring (bicyclic) bond motifs is 1. The van der Waals surface area contributed by atoms with Crippen LogP contribution in [-0.2, 0) is 4.79 Å². The van der Waals surface area contributed by atoms with Gasteiger partial charge in [0.15, 0.2) is 5.78 Å². The maximum atomic E-state index is 14.2. The van der Waals surface area contributed by atoms with Crippen molar-refractivity contribution in [1.29, 1.82) is 0 Å². The lowest BCUT2D eigenvalue weighted by Crippen LogP contribution is -2.38. The Kier molecular flexibility index (Phi) is 6.34. The number of nitrogens with zero attached hydrogens (tertiary/aromatic N) is 1. The summed E-state index contributed by atoms with van der Waals surface area (Å²) in [5.41, 5.74) is 6.68. The fourth-order valence-corrected chi connectivity index (χ4v) is 5.79. The topological polar surface area (TPSA) is 49.4 Å². The predicted molar refractivity (Wildman–Crippen MR) is 153 cm³/mol. The number of hydrogen-bond acceptors (Lipinski definition) is 3. The van der Waals surface area contributed by atoms with Gasteiger partial charge in [-0.15, -0.1) is 0 Å². The van der Waals surface area contributed by atoms with Crippen molar-refractivity contribution < 1.29 is 9.59 Å². The highest BCUT2D eigenvalue weighted by atomic mass is 35.5. The molecule has 4 nitrogen and oxygen atoms in total. The Balaban J connectivity index is 1.56. The zero-order valence-electron chi connectivity index (χ0n) is 21.0. The van der Waals surface area contributed by atoms with Gasteiger partial charge in [-0.2, -0.15) is 0 Å². The third-order valence-corrected chi connectivity index (χ3v) is 7.68. The van der Waals surface area contributed by atoms with Crippen LogP contribution >= 0.6 is 11.6 Å². The summed E-state index contributed by atoms with van der Waals surface area (Å²) in [6, 6.07) is 32.4. The second kappa shape index (κ2) is 9.96. The number of anilines is 2. The third kappa shape index (κ3) is 4.42. The number of hydrogen-bond donors (Lipinski definition) is 1. The van der Waals surface area contributed by atoms with E-state index >= 15 is 0 Å². The summed E-state index contributed by atoms with van der Waals surface area (Å²) in [7, 11) is 0. The molecule has 0 aromatic heterocycles. The van der Waals surface area contributed by atoms with Crippen LogP contribution in [0.2, 0.25) is 5.02 Å². The number of carbonyl (C=O) groups is 2. The summed E-state index contributed by atoms with van der Waals surface area (Å²) < 4.78 is 0. The Morgan fingerprint density at radius 2 is 1.58 bits per heavy atom. The predicted octanol–water partition coefficient (Wildman–Crippen LogP) is 7.86. The van der Waals surface area contributed by atoms with Crippen LogP contribution in [0.5, 0.6) is 0 Å². The summed E-state index contributed by atoms with van der Waals surface area (Å²) in [5, 5.41) is 4.24. The summed E-state index contributed by atoms with van der Waals surface area (Å²) in [6.45, 7) is 2.03. The Labute approximate surface area is 227 Å². The number of allylic oxidation sites excluding steroid dienone is 1. The fraction of sp³-hybridized carbons (Fsp3) is 0.152. The lowest BCUT2D eigenvalue weighted by molar-refractivity contribution is -0.116. The van der Waals surface area contributed by atoms with Crippen molar-refractivity contribution in [2.75, 3.05) is 10.2 Å². The van der Waals surface area contributed by atoms with Crippen LogP contribution in [0, 0.1) is 6.92 Å². The minimum atomic E-state index is -0.567. The van der Waals surface area contributed by atoms with Crippen LogP contribution in [0.3, 0.4) is 0 Å². The Morgan fingerprint density at radius 3 is 2.34 bits per heavy atom. The standard InChI is InChI=1S/C33H27ClN2O2/c1-21-14-16-22(17-15-21)32-31-28(19-25(20-30(31)37)24-10-7-11-26(34)18-24)35-27-12-5-6-13-29(27)36(32)33(38)23-8-3-2-4-9-23/h2-18,25,32,35H,19-20H2,1H3/t25-,32+/m1/s1. The van der Waals surface area contributed by atoms with E-state index in [2.05, 4.69) is 5.32 Å². The van der Waals surface area contributed by atoms with E-state index in [0.717, 1.165) is 33.8 Å². The highest BCUT2D eigenvalue weighted by Crippen LogP contribution is 2.48. The highest BCUT2D eigenvalue weighted by molar-refractivity contribution is 6.30. The van der Waals surface area contributed by atoms with E-state index in [9.17, 15) is 9.59 Å². The SMILES string of the molecule is Cc1ccc([C@H]2C3=C(C[C@@H](c4cccc(Cl)c4)CC3=O)Nc3ccccc3N2C(=O)c2ccccc2)cc1. The summed E-state index contributed by atoms with van der Waals surface area (Å²) in [6.07, 6.45) is 0.998. The molecule has 4 aromatic rings. The number of ketones is 1. The normalized spacial score (nSPS) is 18.8. The van der Waals surface area contributed by atoms with Crippen LogP contribution in [0.25, 0.3) is 0 Å². The molecule has 0 saturated carbocycles. The second-order valence-electron chi connectivity index (χ2n) is 9.97. The number of carbonyl (C=O) groups excluding carboxylic acids is 2. The maximum absolute atomic E-state index is 14.2. The average Bonchev–Trinajstić information content (AvgIpc) is 3.08. The smallest absolute Gasteiger partial charge is 0.259 e. The largest absolute Gasteiger partial charge is 0.357 e. The van der Waals surface area contributed by atoms with Gasteiger partial charge in [0.25, 0.3) is 5.91 Å². The van der Waals surface area contributed by atoms with E-state index in [4.69, 9.17) is 11.6 Å². The second-order valence-corrected chi connectivity index (χ2v) is 10.4. The fourth-order valence-electron chi connectivity index (χ4n) is 5.59. The van der Waals surface area contributed by atoms with Crippen molar-refractivity contribution in [1.82, 2.24) is 0 Å². The number of para-hydroxylation sites is 2. The zero-order chi connectivity index (χ0) is 26.2. The number of rotatable bonds is 3. The molecule has 188 valence electrons. The van der Waals surface area contributed by atoms with Crippen LogP contribution in [-0.4, -0.2) is 11.7 Å². The molecule has 38 heavy (non-hydrogen) atoms. The molecule has 0 spiro atoms. The molecule has 4 aromatic carbocycles. The van der Waals surface area contributed by atoms with Gasteiger partial charge in [0.2, 0.25) is 0 Å². The lowest BCUT2D eigenvalue weighted by atomic mass is 9.78. The first kappa shape index (κ1) is 24.2. The van der Waals surface area contributed by atoms with Crippen molar-refractivity contribution in [2.45, 2.75) is 31.7 Å². The minimum Gasteiger partial charge on any atom is -0.357 e. The van der Waals surface area contributed by atoms with Crippen LogP contribution in [0.15, 0.2) is 114 Å². The van der Waals surface area contributed by atoms with Crippen molar-refractivity contribution in [3.8, 4) is 0 Å². The maximum Gasteiger partial charge on any atom is 0.259 e. The van der Waals surface area contributed by atoms with Gasteiger partial charge in [-0.05, 0) is 66.8 Å². The van der Waals surface area contributed by atoms with Crippen LogP contribution < -0.4 is 10.2 Å². The van der Waals surface area contributed by atoms with Gasteiger partial charge in [-0.1, -0.05) is 83.9 Å². The van der Waals surface area contributed by atoms with Crippen LogP contribution in [0.1, 0.15) is 51.8 Å². The molecule has 0 fully saturated rings. The van der Waals surface area contributed by atoms with Gasteiger partial charge >= 0.3 is 0 Å². The van der Waals surface area contributed by atoms with Crippen LogP contribution in [0.4, 0.5) is 11.4 Å². The van der Waals surface area contributed by atoms with Crippen molar-refractivity contribution in [3.05, 3.63) is 142 Å².